The van der Waals surface area contributed by atoms with Crippen molar-refractivity contribution < 1.29 is 8.78 Å². The zero-order chi connectivity index (χ0) is 9.97. The van der Waals surface area contributed by atoms with Crippen LogP contribution in [-0.2, 0) is 0 Å². The second-order valence-electron chi connectivity index (χ2n) is 2.90. The summed E-state index contributed by atoms with van der Waals surface area (Å²) in [6.45, 7) is 0. The molecule has 0 aliphatic rings. The Kier molecular flexibility index (Phi) is 2.27. The van der Waals surface area contributed by atoms with Crippen molar-refractivity contribution in [3.05, 3.63) is 60.2 Å². The van der Waals surface area contributed by atoms with E-state index in [0.29, 0.717) is 5.56 Å². The smallest absolute Gasteiger partial charge is 0.167 e. The van der Waals surface area contributed by atoms with Gasteiger partial charge in [0.2, 0.25) is 0 Å². The first kappa shape index (κ1) is 8.88. The highest BCUT2D eigenvalue weighted by atomic mass is 19.2. The summed E-state index contributed by atoms with van der Waals surface area (Å²) in [5.41, 5.74) is 1.39. The van der Waals surface area contributed by atoms with Crippen LogP contribution in [0.15, 0.2) is 42.5 Å². The van der Waals surface area contributed by atoms with Crippen LogP contribution in [0.3, 0.4) is 0 Å². The summed E-state index contributed by atoms with van der Waals surface area (Å²) >= 11 is 0. The zero-order valence-electron chi connectivity index (χ0n) is 7.30. The van der Waals surface area contributed by atoms with Crippen molar-refractivity contribution in [1.82, 2.24) is 0 Å². The standard InChI is InChI=1S/C12H7F2/c13-11-7-6-10(8-12(11)14)9-4-2-1-3-5-9/h1-7H. The topological polar surface area (TPSA) is 0 Å². The molecule has 1 radical (unpaired) electrons. The van der Waals surface area contributed by atoms with Crippen LogP contribution in [0.1, 0.15) is 0 Å². The minimum Gasteiger partial charge on any atom is -0.204 e. The molecule has 0 bridgehead atoms. The summed E-state index contributed by atoms with van der Waals surface area (Å²) in [5, 5.41) is 0. The molecule has 0 nitrogen and oxygen atoms in total. The summed E-state index contributed by atoms with van der Waals surface area (Å²) in [6, 6.07) is 14.1. The SMILES string of the molecule is Fc1[c]c(-c2ccccc2)ccc1F. The van der Waals surface area contributed by atoms with Crippen LogP contribution in [0.5, 0.6) is 0 Å². The van der Waals surface area contributed by atoms with Gasteiger partial charge >= 0.3 is 0 Å². The predicted molar refractivity (Wildman–Crippen MR) is 50.6 cm³/mol. The first-order valence-electron chi connectivity index (χ1n) is 4.20. The van der Waals surface area contributed by atoms with E-state index in [1.807, 2.05) is 30.3 Å². The Morgan fingerprint density at radius 3 is 2.21 bits per heavy atom. The highest BCUT2D eigenvalue weighted by Gasteiger charge is 2.03. The summed E-state index contributed by atoms with van der Waals surface area (Å²) in [6.07, 6.45) is 0. The molecule has 0 aliphatic carbocycles. The molecule has 0 spiro atoms. The van der Waals surface area contributed by atoms with Crippen molar-refractivity contribution >= 4 is 0 Å². The molecule has 0 aliphatic heterocycles. The van der Waals surface area contributed by atoms with E-state index in [1.165, 1.54) is 6.07 Å². The number of benzene rings is 2. The van der Waals surface area contributed by atoms with Gasteiger partial charge in [-0.25, -0.2) is 8.78 Å². The summed E-state index contributed by atoms with van der Waals surface area (Å²) < 4.78 is 25.4. The second-order valence-corrected chi connectivity index (χ2v) is 2.90. The molecular formula is C12H7F2. The third-order valence-electron chi connectivity index (χ3n) is 1.94. The van der Waals surface area contributed by atoms with Crippen molar-refractivity contribution in [1.29, 1.82) is 0 Å². The molecule has 0 amide bonds. The Morgan fingerprint density at radius 2 is 1.57 bits per heavy atom. The van der Waals surface area contributed by atoms with E-state index < -0.39 is 11.6 Å². The van der Waals surface area contributed by atoms with E-state index in [-0.39, 0.29) is 0 Å². The normalized spacial score (nSPS) is 10.1. The molecule has 2 aromatic carbocycles. The van der Waals surface area contributed by atoms with E-state index in [1.54, 1.807) is 0 Å². The van der Waals surface area contributed by atoms with E-state index in [9.17, 15) is 8.78 Å². The lowest BCUT2D eigenvalue weighted by Gasteiger charge is -2.00. The van der Waals surface area contributed by atoms with Gasteiger partial charge in [0.25, 0.3) is 0 Å². The predicted octanol–water partition coefficient (Wildman–Crippen LogP) is 3.43. The molecular weight excluding hydrogens is 182 g/mol. The van der Waals surface area contributed by atoms with Crippen molar-refractivity contribution in [3.63, 3.8) is 0 Å². The molecule has 2 rings (SSSR count). The first-order valence-corrected chi connectivity index (χ1v) is 4.20. The van der Waals surface area contributed by atoms with Crippen LogP contribution < -0.4 is 0 Å². The van der Waals surface area contributed by atoms with Gasteiger partial charge in [-0.3, -0.25) is 0 Å². The van der Waals surface area contributed by atoms with Gasteiger partial charge in [0, 0.05) is 6.07 Å². The third kappa shape index (κ3) is 1.64. The van der Waals surface area contributed by atoms with Crippen molar-refractivity contribution in [2.24, 2.45) is 0 Å². The Hall–Kier alpha value is -1.70. The average Bonchev–Trinajstić information content (AvgIpc) is 2.23. The highest BCUT2D eigenvalue weighted by Crippen LogP contribution is 2.19. The number of hydrogen-bond acceptors (Lipinski definition) is 0. The minimum absolute atomic E-state index is 0.560. The largest absolute Gasteiger partial charge is 0.204 e. The molecule has 0 N–H and O–H groups in total. The fourth-order valence-corrected chi connectivity index (χ4v) is 1.24. The molecule has 0 fully saturated rings. The van der Waals surface area contributed by atoms with Crippen molar-refractivity contribution in [2.75, 3.05) is 0 Å². The minimum atomic E-state index is -0.939. The van der Waals surface area contributed by atoms with Gasteiger partial charge in [0.15, 0.2) is 11.6 Å². The van der Waals surface area contributed by atoms with E-state index in [2.05, 4.69) is 6.07 Å². The summed E-state index contributed by atoms with van der Waals surface area (Å²) in [4.78, 5) is 0. The van der Waals surface area contributed by atoms with Crippen LogP contribution in [-0.4, -0.2) is 0 Å². The maximum absolute atomic E-state index is 12.8. The fraction of sp³-hybridized carbons (Fsp3) is 0. The molecule has 69 valence electrons. The average molecular weight is 189 g/mol. The van der Waals surface area contributed by atoms with Crippen LogP contribution in [0.2, 0.25) is 0 Å². The Balaban J connectivity index is 2.48. The van der Waals surface area contributed by atoms with Crippen LogP contribution in [0.4, 0.5) is 8.78 Å². The molecule has 0 heterocycles. The Bertz CT molecular complexity index is 435. The molecule has 0 aromatic heterocycles. The van der Waals surface area contributed by atoms with E-state index in [4.69, 9.17) is 0 Å². The Morgan fingerprint density at radius 1 is 0.857 bits per heavy atom. The highest BCUT2D eigenvalue weighted by molar-refractivity contribution is 5.62. The number of rotatable bonds is 1. The van der Waals surface area contributed by atoms with E-state index >= 15 is 0 Å². The lowest BCUT2D eigenvalue weighted by Crippen LogP contribution is -1.85. The monoisotopic (exact) mass is 189 g/mol. The zero-order valence-corrected chi connectivity index (χ0v) is 7.30. The lowest BCUT2D eigenvalue weighted by atomic mass is 10.1. The molecule has 0 saturated carbocycles. The maximum Gasteiger partial charge on any atom is 0.167 e. The van der Waals surface area contributed by atoms with Gasteiger partial charge in [-0.2, -0.15) is 0 Å². The maximum atomic E-state index is 12.8. The molecule has 2 aromatic rings. The van der Waals surface area contributed by atoms with Gasteiger partial charge in [-0.05, 0) is 17.2 Å². The second kappa shape index (κ2) is 3.58. The number of halogens is 2. The van der Waals surface area contributed by atoms with Crippen LogP contribution in [0.25, 0.3) is 11.1 Å². The first-order chi connectivity index (χ1) is 6.77. The number of hydrogen-bond donors (Lipinski definition) is 0. The van der Waals surface area contributed by atoms with Gasteiger partial charge in [-0.1, -0.05) is 36.4 Å². The summed E-state index contributed by atoms with van der Waals surface area (Å²) in [5.74, 6) is -1.81. The quantitative estimate of drug-likeness (QED) is 0.644. The molecule has 0 unspecified atom stereocenters. The van der Waals surface area contributed by atoms with Gasteiger partial charge < -0.3 is 0 Å². The van der Waals surface area contributed by atoms with Gasteiger partial charge in [0.1, 0.15) is 0 Å². The molecule has 0 saturated heterocycles. The van der Waals surface area contributed by atoms with Crippen molar-refractivity contribution in [3.8, 4) is 11.1 Å². The van der Waals surface area contributed by atoms with Gasteiger partial charge in [-0.15, -0.1) is 0 Å². The van der Waals surface area contributed by atoms with Gasteiger partial charge in [0.05, 0.1) is 0 Å². The van der Waals surface area contributed by atoms with Crippen LogP contribution >= 0.6 is 0 Å². The fourth-order valence-electron chi connectivity index (χ4n) is 1.24. The summed E-state index contributed by atoms with van der Waals surface area (Å²) in [7, 11) is 0. The molecule has 14 heavy (non-hydrogen) atoms. The van der Waals surface area contributed by atoms with Crippen LogP contribution in [0, 0.1) is 17.7 Å². The lowest BCUT2D eigenvalue weighted by molar-refractivity contribution is 0.507. The van der Waals surface area contributed by atoms with Crippen molar-refractivity contribution in [2.45, 2.75) is 0 Å². The molecule has 0 atom stereocenters. The van der Waals surface area contributed by atoms with E-state index in [0.717, 1.165) is 11.6 Å². The molecule has 2 heteroatoms. The Labute approximate surface area is 80.8 Å². The third-order valence-corrected chi connectivity index (χ3v) is 1.94.